The number of rotatable bonds is 3. The molecule has 1 unspecified atom stereocenters. The fourth-order valence-corrected chi connectivity index (χ4v) is 2.18. The molecule has 0 N–H and O–H groups in total. The average Bonchev–Trinajstić information content (AvgIpc) is 2.17. The molecule has 0 aliphatic heterocycles. The summed E-state index contributed by atoms with van der Waals surface area (Å²) in [6, 6.07) is 8.52. The Hall–Kier alpha value is -0.460. The lowest BCUT2D eigenvalue weighted by atomic mass is 9.73. The predicted octanol–water partition coefficient (Wildman–Crippen LogP) is 5.23. The molecule has 2 heteroatoms. The lowest BCUT2D eigenvalue weighted by Crippen LogP contribution is -2.26. The molecule has 16 heavy (non-hydrogen) atoms. The van der Waals surface area contributed by atoms with Crippen molar-refractivity contribution in [2.75, 3.05) is 0 Å². The quantitative estimate of drug-likeness (QED) is 0.695. The highest BCUT2D eigenvalue weighted by Crippen LogP contribution is 2.35. The van der Waals surface area contributed by atoms with Crippen LogP contribution in [0.1, 0.15) is 31.9 Å². The summed E-state index contributed by atoms with van der Waals surface area (Å²) in [4.78, 5) is 0. The van der Waals surface area contributed by atoms with Crippen molar-refractivity contribution >= 4 is 23.2 Å². The second-order valence-corrected chi connectivity index (χ2v) is 5.75. The first-order valence-corrected chi connectivity index (χ1v) is 6.23. The van der Waals surface area contributed by atoms with Crippen LogP contribution in [0.25, 0.3) is 0 Å². The van der Waals surface area contributed by atoms with Crippen LogP contribution in [0.15, 0.2) is 34.8 Å². The van der Waals surface area contributed by atoms with E-state index in [2.05, 4.69) is 52.0 Å². The molecule has 0 radical (unpaired) electrons. The molecule has 88 valence electrons. The molecule has 0 saturated heterocycles. The number of aryl methyl sites for hydroxylation is 1. The van der Waals surface area contributed by atoms with Gasteiger partial charge in [0.1, 0.15) is 4.49 Å². The lowest BCUT2D eigenvalue weighted by molar-refractivity contribution is 0.420. The van der Waals surface area contributed by atoms with Crippen LogP contribution in [-0.4, -0.2) is 0 Å². The Morgan fingerprint density at radius 2 is 1.69 bits per heavy atom. The second kappa shape index (κ2) is 5.25. The van der Waals surface area contributed by atoms with Gasteiger partial charge in [0.05, 0.1) is 0 Å². The van der Waals surface area contributed by atoms with Crippen molar-refractivity contribution in [2.45, 2.75) is 33.1 Å². The minimum atomic E-state index is -0.119. The Bertz CT molecular complexity index is 372. The van der Waals surface area contributed by atoms with Crippen molar-refractivity contribution in [1.29, 1.82) is 0 Å². The van der Waals surface area contributed by atoms with Crippen LogP contribution in [0.2, 0.25) is 0 Å². The smallest absolute Gasteiger partial charge is 0.0712 e. The van der Waals surface area contributed by atoms with Crippen molar-refractivity contribution < 1.29 is 0 Å². The SMILES string of the molecule is Cc1ccc(C(C)(C=C(Cl)Cl)C(C)C)cc1. The highest BCUT2D eigenvalue weighted by molar-refractivity contribution is 6.55. The van der Waals surface area contributed by atoms with Gasteiger partial charge in [0.2, 0.25) is 0 Å². The molecule has 1 rings (SSSR count). The number of halogens is 2. The van der Waals surface area contributed by atoms with E-state index in [9.17, 15) is 0 Å². The molecule has 0 bridgehead atoms. The Morgan fingerprint density at radius 1 is 1.19 bits per heavy atom. The molecule has 0 fully saturated rings. The van der Waals surface area contributed by atoms with E-state index in [4.69, 9.17) is 23.2 Å². The fraction of sp³-hybridized carbons (Fsp3) is 0.429. The second-order valence-electron chi connectivity index (χ2n) is 4.74. The lowest BCUT2D eigenvalue weighted by Gasteiger charge is -2.31. The van der Waals surface area contributed by atoms with E-state index in [1.165, 1.54) is 11.1 Å². The maximum absolute atomic E-state index is 5.81. The van der Waals surface area contributed by atoms with Gasteiger partial charge in [-0.3, -0.25) is 0 Å². The number of benzene rings is 1. The van der Waals surface area contributed by atoms with Gasteiger partial charge in [-0.15, -0.1) is 0 Å². The first-order valence-electron chi connectivity index (χ1n) is 5.47. The molecule has 0 saturated carbocycles. The van der Waals surface area contributed by atoms with Gasteiger partial charge in [0, 0.05) is 5.41 Å². The molecule has 0 aliphatic rings. The van der Waals surface area contributed by atoms with Crippen LogP contribution < -0.4 is 0 Å². The molecule has 0 aromatic heterocycles. The van der Waals surface area contributed by atoms with Gasteiger partial charge in [-0.05, 0) is 24.5 Å². The van der Waals surface area contributed by atoms with Gasteiger partial charge >= 0.3 is 0 Å². The summed E-state index contributed by atoms with van der Waals surface area (Å²) in [5.74, 6) is 0.433. The van der Waals surface area contributed by atoms with E-state index in [0.29, 0.717) is 10.4 Å². The van der Waals surface area contributed by atoms with E-state index in [1.807, 2.05) is 6.08 Å². The number of hydrogen-bond donors (Lipinski definition) is 0. The third-order valence-electron chi connectivity index (χ3n) is 3.28. The van der Waals surface area contributed by atoms with Crippen LogP contribution in [0.5, 0.6) is 0 Å². The third-order valence-corrected chi connectivity index (χ3v) is 3.50. The zero-order chi connectivity index (χ0) is 12.3. The third kappa shape index (κ3) is 3.02. The van der Waals surface area contributed by atoms with Gasteiger partial charge in [-0.1, -0.05) is 73.8 Å². The van der Waals surface area contributed by atoms with Gasteiger partial charge in [-0.25, -0.2) is 0 Å². The zero-order valence-corrected chi connectivity index (χ0v) is 11.7. The summed E-state index contributed by atoms with van der Waals surface area (Å²) in [5, 5.41) is 0. The van der Waals surface area contributed by atoms with E-state index in [-0.39, 0.29) is 5.41 Å². The van der Waals surface area contributed by atoms with Gasteiger partial charge in [0.25, 0.3) is 0 Å². The Morgan fingerprint density at radius 3 is 2.06 bits per heavy atom. The minimum Gasteiger partial charge on any atom is -0.0712 e. The number of hydrogen-bond acceptors (Lipinski definition) is 0. The van der Waals surface area contributed by atoms with E-state index in [0.717, 1.165) is 0 Å². The molecule has 0 nitrogen and oxygen atoms in total. The van der Waals surface area contributed by atoms with E-state index in [1.54, 1.807) is 0 Å². The molecule has 0 aliphatic carbocycles. The van der Waals surface area contributed by atoms with Crippen molar-refractivity contribution in [3.05, 3.63) is 46.0 Å². The first-order chi connectivity index (χ1) is 7.36. The Balaban J connectivity index is 3.22. The summed E-state index contributed by atoms with van der Waals surface area (Å²) in [6.45, 7) is 8.59. The Labute approximate surface area is 108 Å². The predicted molar refractivity (Wildman–Crippen MR) is 73.2 cm³/mol. The van der Waals surface area contributed by atoms with Crippen molar-refractivity contribution in [3.63, 3.8) is 0 Å². The maximum atomic E-state index is 5.81. The van der Waals surface area contributed by atoms with Gasteiger partial charge in [0.15, 0.2) is 0 Å². The summed E-state index contributed by atoms with van der Waals surface area (Å²) in [5.41, 5.74) is 2.38. The molecule has 1 aromatic carbocycles. The van der Waals surface area contributed by atoms with Crippen LogP contribution in [-0.2, 0) is 5.41 Å². The highest BCUT2D eigenvalue weighted by Gasteiger charge is 2.28. The van der Waals surface area contributed by atoms with Crippen LogP contribution in [0.3, 0.4) is 0 Å². The van der Waals surface area contributed by atoms with Gasteiger partial charge in [-0.2, -0.15) is 0 Å². The molecular formula is C14H18Cl2. The zero-order valence-electron chi connectivity index (χ0n) is 10.2. The summed E-state index contributed by atoms with van der Waals surface area (Å²) < 4.78 is 0.330. The minimum absolute atomic E-state index is 0.119. The van der Waals surface area contributed by atoms with Crippen LogP contribution >= 0.6 is 23.2 Å². The molecule has 1 aromatic rings. The standard InChI is InChI=1S/C14H18Cl2/c1-10(2)14(4,9-13(15)16)12-7-5-11(3)6-8-12/h5-10H,1-4H3. The largest absolute Gasteiger partial charge is 0.103 e. The van der Waals surface area contributed by atoms with Crippen molar-refractivity contribution in [1.82, 2.24) is 0 Å². The van der Waals surface area contributed by atoms with E-state index >= 15 is 0 Å². The molecule has 0 amide bonds. The molecular weight excluding hydrogens is 239 g/mol. The van der Waals surface area contributed by atoms with Gasteiger partial charge < -0.3 is 0 Å². The Kier molecular flexibility index (Phi) is 4.46. The van der Waals surface area contributed by atoms with Crippen LogP contribution in [0, 0.1) is 12.8 Å². The normalized spacial score (nSPS) is 14.7. The number of allylic oxidation sites excluding steroid dienone is 1. The summed E-state index contributed by atoms with van der Waals surface area (Å²) in [7, 11) is 0. The van der Waals surface area contributed by atoms with Crippen LogP contribution in [0.4, 0.5) is 0 Å². The molecule has 1 atom stereocenters. The van der Waals surface area contributed by atoms with Crippen molar-refractivity contribution in [3.8, 4) is 0 Å². The topological polar surface area (TPSA) is 0 Å². The molecule has 0 heterocycles. The average molecular weight is 257 g/mol. The van der Waals surface area contributed by atoms with Crippen molar-refractivity contribution in [2.24, 2.45) is 5.92 Å². The fourth-order valence-electron chi connectivity index (χ4n) is 1.72. The maximum Gasteiger partial charge on any atom is 0.103 e. The highest BCUT2D eigenvalue weighted by atomic mass is 35.5. The summed E-state index contributed by atoms with van der Waals surface area (Å²) in [6.07, 6.45) is 1.92. The summed E-state index contributed by atoms with van der Waals surface area (Å²) >= 11 is 11.6. The van der Waals surface area contributed by atoms with E-state index < -0.39 is 0 Å². The first kappa shape index (κ1) is 13.6. The molecule has 0 spiro atoms. The monoisotopic (exact) mass is 256 g/mol.